The first-order valence-corrected chi connectivity index (χ1v) is 17.4. The van der Waals surface area contributed by atoms with Crippen molar-refractivity contribution in [1.82, 2.24) is 34.8 Å². The first kappa shape index (κ1) is 33.9. The first-order chi connectivity index (χ1) is 23.1. The van der Waals surface area contributed by atoms with Gasteiger partial charge in [-0.25, -0.2) is 14.5 Å². The number of nitrogens with one attached hydrogen (secondary N) is 1. The predicted octanol–water partition coefficient (Wildman–Crippen LogP) is 4.65. The van der Waals surface area contributed by atoms with E-state index >= 15 is 0 Å². The highest BCUT2D eigenvalue weighted by Gasteiger charge is 2.40. The Morgan fingerprint density at radius 2 is 1.65 bits per heavy atom. The van der Waals surface area contributed by atoms with Crippen molar-refractivity contribution >= 4 is 29.5 Å². The smallest absolute Gasteiger partial charge is 0.411 e. The maximum atomic E-state index is 14.3. The van der Waals surface area contributed by atoms with Gasteiger partial charge in [-0.15, -0.1) is 0 Å². The molecule has 2 aliphatic heterocycles. The zero-order chi connectivity index (χ0) is 33.8. The Hall–Kier alpha value is -3.96. The number of rotatable bonds is 7. The molecule has 12 heteroatoms. The molecule has 1 saturated carbocycles. The highest BCUT2D eigenvalue weighted by atomic mass is 35.5. The number of aromatic nitrogens is 3. The number of amides is 3. The maximum Gasteiger partial charge on any atom is 0.411 e. The van der Waals surface area contributed by atoms with Gasteiger partial charge >= 0.3 is 6.09 Å². The highest BCUT2D eigenvalue weighted by Crippen LogP contribution is 2.32. The summed E-state index contributed by atoms with van der Waals surface area (Å²) in [4.78, 5) is 51.9. The molecule has 11 nitrogen and oxygen atoms in total. The van der Waals surface area contributed by atoms with E-state index in [1.165, 1.54) is 17.7 Å². The van der Waals surface area contributed by atoms with Gasteiger partial charge in [0, 0.05) is 50.1 Å². The summed E-state index contributed by atoms with van der Waals surface area (Å²) in [7, 11) is 0. The van der Waals surface area contributed by atoms with Crippen molar-refractivity contribution in [3.63, 3.8) is 0 Å². The molecule has 3 aromatic rings. The molecule has 1 saturated heterocycles. The Labute approximate surface area is 287 Å². The minimum atomic E-state index is -0.827. The number of carbonyl (C=O) groups is 3. The molecular formula is C36H46ClN7O4. The first-order valence-electron chi connectivity index (χ1n) is 17.0. The molecule has 4 atom stereocenters. The number of ether oxygens (including phenoxy) is 1. The summed E-state index contributed by atoms with van der Waals surface area (Å²) in [6.45, 7) is 8.28. The molecule has 0 bridgehead atoms. The van der Waals surface area contributed by atoms with E-state index in [1.807, 2.05) is 52.3 Å². The van der Waals surface area contributed by atoms with Crippen molar-refractivity contribution in [2.24, 2.45) is 0 Å². The number of halogens is 1. The van der Waals surface area contributed by atoms with Gasteiger partial charge in [0.15, 0.2) is 0 Å². The molecule has 3 heterocycles. The number of nitrogens with zero attached hydrogens (tertiary/aromatic N) is 6. The van der Waals surface area contributed by atoms with Crippen molar-refractivity contribution in [3.05, 3.63) is 82.9 Å². The molecule has 0 unspecified atom stereocenters. The fourth-order valence-corrected chi connectivity index (χ4v) is 7.43. The molecule has 3 aliphatic rings. The second-order valence-electron chi connectivity index (χ2n) is 14.1. The third-order valence-electron chi connectivity index (χ3n) is 9.71. The lowest BCUT2D eigenvalue weighted by molar-refractivity contribution is -0.139. The van der Waals surface area contributed by atoms with Crippen LogP contribution in [0.2, 0.25) is 5.02 Å². The zero-order valence-corrected chi connectivity index (χ0v) is 28.8. The van der Waals surface area contributed by atoms with Crippen molar-refractivity contribution in [2.45, 2.75) is 95.6 Å². The number of piperazine rings is 1. The standard InChI is InChI=1S/C36H46ClN7O4/c1-36(2,3)48-35(47)43-22-27-9-5-4-8-26(27)21-32(43)33(45)40-29(20-25-12-14-28(37)15-13-25)34(46)42-18-16-41(17-19-42)30-10-6-7-11-31(30)44-24-38-23-39-44/h4-5,8-9,12-15,23-24,29-32H,6-7,10-11,16-22H2,1-3H3,(H,40,45)/t29-,30-,31-,32-/m1/s1. The van der Waals surface area contributed by atoms with Gasteiger partial charge in [0.2, 0.25) is 11.8 Å². The van der Waals surface area contributed by atoms with Gasteiger partial charge in [0.25, 0.3) is 0 Å². The monoisotopic (exact) mass is 675 g/mol. The van der Waals surface area contributed by atoms with Gasteiger partial charge in [-0.1, -0.05) is 60.8 Å². The van der Waals surface area contributed by atoms with Gasteiger partial charge in [0.1, 0.15) is 30.3 Å². The van der Waals surface area contributed by atoms with E-state index in [9.17, 15) is 14.4 Å². The van der Waals surface area contributed by atoms with E-state index < -0.39 is 23.8 Å². The van der Waals surface area contributed by atoms with Crippen molar-refractivity contribution in [3.8, 4) is 0 Å². The molecule has 0 radical (unpaired) electrons. The number of benzene rings is 2. The molecule has 3 amide bonds. The van der Waals surface area contributed by atoms with Crippen LogP contribution in [-0.4, -0.2) is 97.3 Å². The Morgan fingerprint density at radius 1 is 0.958 bits per heavy atom. The third-order valence-corrected chi connectivity index (χ3v) is 9.96. The van der Waals surface area contributed by atoms with Gasteiger partial charge in [-0.05, 0) is 62.4 Å². The van der Waals surface area contributed by atoms with Crippen LogP contribution in [0, 0.1) is 0 Å². The molecule has 1 aliphatic carbocycles. The lowest BCUT2D eigenvalue weighted by atomic mass is 9.89. The van der Waals surface area contributed by atoms with Gasteiger partial charge in [0.05, 0.1) is 12.6 Å². The van der Waals surface area contributed by atoms with Crippen molar-refractivity contribution in [1.29, 1.82) is 0 Å². The highest BCUT2D eigenvalue weighted by molar-refractivity contribution is 6.30. The lowest BCUT2D eigenvalue weighted by Gasteiger charge is -2.44. The van der Waals surface area contributed by atoms with Gasteiger partial charge in [-0.2, -0.15) is 5.10 Å². The zero-order valence-electron chi connectivity index (χ0n) is 28.1. The van der Waals surface area contributed by atoms with Gasteiger partial charge < -0.3 is 15.0 Å². The average Bonchev–Trinajstić information content (AvgIpc) is 3.62. The maximum absolute atomic E-state index is 14.3. The Morgan fingerprint density at radius 3 is 2.31 bits per heavy atom. The molecule has 6 rings (SSSR count). The minimum Gasteiger partial charge on any atom is -0.444 e. The second-order valence-corrected chi connectivity index (χ2v) is 14.6. The Balaban J connectivity index is 1.19. The summed E-state index contributed by atoms with van der Waals surface area (Å²) < 4.78 is 7.71. The number of hydrogen-bond acceptors (Lipinski definition) is 7. The molecular weight excluding hydrogens is 630 g/mol. The van der Waals surface area contributed by atoms with Crippen LogP contribution in [-0.2, 0) is 33.7 Å². The Bertz CT molecular complexity index is 1570. The van der Waals surface area contributed by atoms with Crippen LogP contribution in [0.1, 0.15) is 69.2 Å². The summed E-state index contributed by atoms with van der Waals surface area (Å²) >= 11 is 6.16. The number of fused-ring (bicyclic) bond motifs is 1. The second kappa shape index (κ2) is 14.7. The van der Waals surface area contributed by atoms with E-state index in [0.717, 1.165) is 42.6 Å². The van der Waals surface area contributed by atoms with Crippen LogP contribution >= 0.6 is 11.6 Å². The fourth-order valence-electron chi connectivity index (χ4n) is 7.30. The minimum absolute atomic E-state index is 0.130. The third kappa shape index (κ3) is 8.01. The predicted molar refractivity (Wildman–Crippen MR) is 182 cm³/mol. The van der Waals surface area contributed by atoms with Crippen LogP contribution < -0.4 is 5.32 Å². The average molecular weight is 676 g/mol. The fraction of sp³-hybridized carbons (Fsp3) is 0.528. The normalized spacial score (nSPS) is 22.5. The largest absolute Gasteiger partial charge is 0.444 e. The molecule has 2 aromatic carbocycles. The topological polar surface area (TPSA) is 113 Å². The van der Waals surface area contributed by atoms with Crippen LogP contribution in [0.3, 0.4) is 0 Å². The van der Waals surface area contributed by atoms with E-state index in [0.29, 0.717) is 37.0 Å². The summed E-state index contributed by atoms with van der Waals surface area (Å²) in [5.74, 6) is -0.506. The number of carbonyl (C=O) groups excluding carboxylic acids is 3. The summed E-state index contributed by atoms with van der Waals surface area (Å²) in [6.07, 6.45) is 7.98. The van der Waals surface area contributed by atoms with E-state index in [1.54, 1.807) is 39.2 Å². The summed E-state index contributed by atoms with van der Waals surface area (Å²) in [5.41, 5.74) is 2.13. The van der Waals surface area contributed by atoms with Crippen LogP contribution in [0.15, 0.2) is 61.2 Å². The van der Waals surface area contributed by atoms with Crippen molar-refractivity contribution < 1.29 is 19.1 Å². The van der Waals surface area contributed by atoms with E-state index in [-0.39, 0.29) is 24.4 Å². The Kier molecular flexibility index (Phi) is 10.4. The quantitative estimate of drug-likeness (QED) is 0.388. The summed E-state index contributed by atoms with van der Waals surface area (Å²) in [5, 5.41) is 8.12. The molecule has 0 spiro atoms. The molecule has 48 heavy (non-hydrogen) atoms. The van der Waals surface area contributed by atoms with Crippen LogP contribution in [0.25, 0.3) is 0 Å². The van der Waals surface area contributed by atoms with Crippen molar-refractivity contribution in [2.75, 3.05) is 26.2 Å². The lowest BCUT2D eigenvalue weighted by Crippen LogP contribution is -2.60. The SMILES string of the molecule is CC(C)(C)OC(=O)N1Cc2ccccc2C[C@@H]1C(=O)N[C@H](Cc1ccc(Cl)cc1)C(=O)N1CCN([C@@H]2CCCC[C@H]2n2cncn2)CC1. The molecule has 1 N–H and O–H groups in total. The van der Waals surface area contributed by atoms with Gasteiger partial charge in [-0.3, -0.25) is 19.4 Å². The van der Waals surface area contributed by atoms with Crippen LogP contribution in [0.4, 0.5) is 4.79 Å². The van der Waals surface area contributed by atoms with Crippen LogP contribution in [0.5, 0.6) is 0 Å². The molecule has 1 aromatic heterocycles. The summed E-state index contributed by atoms with van der Waals surface area (Å²) in [6, 6.07) is 14.1. The number of hydrogen-bond donors (Lipinski definition) is 1. The van der Waals surface area contributed by atoms with E-state index in [2.05, 4.69) is 20.3 Å². The van der Waals surface area contributed by atoms with E-state index in [4.69, 9.17) is 16.3 Å². The molecule has 2 fully saturated rings. The molecule has 256 valence electrons.